The number of hydrogen-bond donors (Lipinski definition) is 1. The molecule has 2 aromatic carbocycles. The minimum atomic E-state index is -0.602. The Kier molecular flexibility index (Phi) is 5.69. The van der Waals surface area contributed by atoms with E-state index in [0.29, 0.717) is 17.0 Å². The van der Waals surface area contributed by atoms with E-state index < -0.39 is 23.6 Å². The summed E-state index contributed by atoms with van der Waals surface area (Å²) in [5.41, 5.74) is 3.10. The van der Waals surface area contributed by atoms with E-state index in [1.54, 1.807) is 31.2 Å². The Hall–Kier alpha value is -3.68. The molecule has 1 heterocycles. The van der Waals surface area contributed by atoms with Crippen LogP contribution in [0.3, 0.4) is 0 Å². The largest absolute Gasteiger partial charge is 0.481 e. The molecule has 2 aromatic rings. The number of para-hydroxylation sites is 1. The zero-order valence-corrected chi connectivity index (χ0v) is 15.0. The second-order valence-corrected chi connectivity index (χ2v) is 5.75. The van der Waals surface area contributed by atoms with Crippen LogP contribution in [0.1, 0.15) is 12.5 Å². The summed E-state index contributed by atoms with van der Waals surface area (Å²) in [6.07, 6.45) is 1.38. The molecule has 0 atom stereocenters. The van der Waals surface area contributed by atoms with Crippen LogP contribution in [0.4, 0.5) is 10.1 Å². The normalized spacial score (nSPS) is 14.9. The maximum absolute atomic E-state index is 13.1. The highest BCUT2D eigenvalue weighted by atomic mass is 19.1. The van der Waals surface area contributed by atoms with E-state index in [-0.39, 0.29) is 18.8 Å². The third kappa shape index (κ3) is 4.17. The van der Waals surface area contributed by atoms with Crippen molar-refractivity contribution in [3.05, 3.63) is 65.5 Å². The number of halogens is 1. The number of esters is 1. The van der Waals surface area contributed by atoms with Gasteiger partial charge in [0.15, 0.2) is 6.61 Å². The third-order valence-corrected chi connectivity index (χ3v) is 3.85. The molecule has 8 heteroatoms. The van der Waals surface area contributed by atoms with Gasteiger partial charge in [-0.05, 0) is 43.3 Å². The van der Waals surface area contributed by atoms with Crippen LogP contribution in [-0.2, 0) is 19.1 Å². The van der Waals surface area contributed by atoms with E-state index in [4.69, 9.17) is 9.47 Å². The minimum absolute atomic E-state index is 0.114. The first-order chi connectivity index (χ1) is 13.5. The summed E-state index contributed by atoms with van der Waals surface area (Å²) in [5, 5.41) is 1.04. The highest BCUT2D eigenvalue weighted by Gasteiger charge is 2.34. The van der Waals surface area contributed by atoms with Crippen molar-refractivity contribution in [3.8, 4) is 5.75 Å². The first-order valence-corrected chi connectivity index (χ1v) is 8.49. The van der Waals surface area contributed by atoms with Crippen LogP contribution >= 0.6 is 0 Å². The second-order valence-electron chi connectivity index (χ2n) is 5.75. The molecule has 1 saturated heterocycles. The standard InChI is InChI=1S/C20H17FN2O5/c1-2-27-18(24)12-28-17-6-4-3-5-13(17)11-16-19(25)22-23(20(16)26)15-9-7-14(21)8-10-15/h3-11H,2,12H2,1H3,(H,22,25). The fraction of sp³-hybridized carbons (Fsp3) is 0.150. The molecule has 2 amide bonds. The van der Waals surface area contributed by atoms with Gasteiger partial charge in [0.1, 0.15) is 17.1 Å². The van der Waals surface area contributed by atoms with E-state index in [9.17, 15) is 18.8 Å². The van der Waals surface area contributed by atoms with Crippen molar-refractivity contribution in [1.82, 2.24) is 5.43 Å². The molecule has 1 aliphatic heterocycles. The van der Waals surface area contributed by atoms with Gasteiger partial charge in [0.05, 0.1) is 12.3 Å². The lowest BCUT2D eigenvalue weighted by Gasteiger charge is -2.14. The van der Waals surface area contributed by atoms with Crippen molar-refractivity contribution in [1.29, 1.82) is 0 Å². The molecule has 0 aliphatic carbocycles. The van der Waals surface area contributed by atoms with Gasteiger partial charge in [-0.1, -0.05) is 18.2 Å². The third-order valence-electron chi connectivity index (χ3n) is 3.85. The number of ether oxygens (including phenoxy) is 2. The van der Waals surface area contributed by atoms with Gasteiger partial charge in [0.2, 0.25) is 0 Å². The Morgan fingerprint density at radius 1 is 1.14 bits per heavy atom. The Labute approximate surface area is 160 Å². The highest BCUT2D eigenvalue weighted by molar-refractivity contribution is 6.31. The predicted molar refractivity (Wildman–Crippen MR) is 98.6 cm³/mol. The number of carbonyl (C=O) groups is 3. The lowest BCUT2D eigenvalue weighted by molar-refractivity contribution is -0.145. The topological polar surface area (TPSA) is 84.9 Å². The molecular weight excluding hydrogens is 367 g/mol. The minimum Gasteiger partial charge on any atom is -0.481 e. The van der Waals surface area contributed by atoms with E-state index in [1.165, 1.54) is 30.3 Å². The zero-order valence-electron chi connectivity index (χ0n) is 15.0. The Morgan fingerprint density at radius 3 is 2.57 bits per heavy atom. The number of benzene rings is 2. The second kappa shape index (κ2) is 8.34. The Balaban J connectivity index is 1.83. The summed E-state index contributed by atoms with van der Waals surface area (Å²) in [6, 6.07) is 11.8. The van der Waals surface area contributed by atoms with Crippen LogP contribution in [0.15, 0.2) is 54.1 Å². The summed E-state index contributed by atoms with van der Waals surface area (Å²) >= 11 is 0. The number of amides is 2. The van der Waals surface area contributed by atoms with E-state index in [2.05, 4.69) is 5.43 Å². The summed E-state index contributed by atoms with van der Waals surface area (Å²) in [6.45, 7) is 1.63. The first kappa shape index (κ1) is 19.1. The number of hydrogen-bond acceptors (Lipinski definition) is 5. The number of carbonyl (C=O) groups excluding carboxylic acids is 3. The fourth-order valence-corrected chi connectivity index (χ4v) is 2.56. The van der Waals surface area contributed by atoms with Gasteiger partial charge in [-0.3, -0.25) is 15.0 Å². The first-order valence-electron chi connectivity index (χ1n) is 8.49. The van der Waals surface area contributed by atoms with Gasteiger partial charge >= 0.3 is 5.97 Å². The highest BCUT2D eigenvalue weighted by Crippen LogP contribution is 2.25. The molecule has 0 spiro atoms. The summed E-state index contributed by atoms with van der Waals surface area (Å²) < 4.78 is 23.3. The molecule has 28 heavy (non-hydrogen) atoms. The molecule has 0 aromatic heterocycles. The predicted octanol–water partition coefficient (Wildman–Crippen LogP) is 2.23. The number of hydrazine groups is 1. The molecule has 1 fully saturated rings. The molecule has 0 saturated carbocycles. The SMILES string of the molecule is CCOC(=O)COc1ccccc1C=C1C(=O)NN(c2ccc(F)cc2)C1=O. The van der Waals surface area contributed by atoms with Gasteiger partial charge in [0.25, 0.3) is 11.8 Å². The Morgan fingerprint density at radius 2 is 1.86 bits per heavy atom. The van der Waals surface area contributed by atoms with Crippen molar-refractivity contribution in [2.24, 2.45) is 0 Å². The molecule has 0 radical (unpaired) electrons. The summed E-state index contributed by atoms with van der Waals surface area (Å²) in [5.74, 6) is -1.84. The maximum Gasteiger partial charge on any atom is 0.344 e. The Bertz CT molecular complexity index is 940. The van der Waals surface area contributed by atoms with Gasteiger partial charge in [0, 0.05) is 5.56 Å². The van der Waals surface area contributed by atoms with Gasteiger partial charge in [-0.2, -0.15) is 0 Å². The van der Waals surface area contributed by atoms with Crippen molar-refractivity contribution >= 4 is 29.5 Å². The molecule has 0 bridgehead atoms. The fourth-order valence-electron chi connectivity index (χ4n) is 2.56. The number of nitrogens with one attached hydrogen (secondary N) is 1. The lowest BCUT2D eigenvalue weighted by atomic mass is 10.1. The van der Waals surface area contributed by atoms with Crippen LogP contribution in [0, 0.1) is 5.82 Å². The molecule has 0 unspecified atom stereocenters. The van der Waals surface area contributed by atoms with Gasteiger partial charge < -0.3 is 9.47 Å². The molecule has 3 rings (SSSR count). The lowest BCUT2D eigenvalue weighted by Crippen LogP contribution is -2.35. The molecule has 1 N–H and O–H groups in total. The van der Waals surface area contributed by atoms with Gasteiger partial charge in [-0.25, -0.2) is 14.2 Å². The average molecular weight is 384 g/mol. The smallest absolute Gasteiger partial charge is 0.344 e. The van der Waals surface area contributed by atoms with E-state index >= 15 is 0 Å². The number of anilines is 1. The van der Waals surface area contributed by atoms with Crippen molar-refractivity contribution < 1.29 is 28.2 Å². The van der Waals surface area contributed by atoms with Crippen LogP contribution in [0.2, 0.25) is 0 Å². The van der Waals surface area contributed by atoms with Gasteiger partial charge in [-0.15, -0.1) is 0 Å². The van der Waals surface area contributed by atoms with Crippen molar-refractivity contribution in [2.75, 3.05) is 18.2 Å². The van der Waals surface area contributed by atoms with Crippen molar-refractivity contribution in [3.63, 3.8) is 0 Å². The average Bonchev–Trinajstić information content (AvgIpc) is 2.96. The molecular formula is C20H17FN2O5. The van der Waals surface area contributed by atoms with E-state index in [1.807, 2.05) is 0 Å². The van der Waals surface area contributed by atoms with Crippen LogP contribution in [0.5, 0.6) is 5.75 Å². The monoisotopic (exact) mass is 384 g/mol. The number of rotatable bonds is 6. The van der Waals surface area contributed by atoms with Crippen LogP contribution in [0.25, 0.3) is 6.08 Å². The van der Waals surface area contributed by atoms with Crippen molar-refractivity contribution in [2.45, 2.75) is 6.92 Å². The summed E-state index contributed by atoms with van der Waals surface area (Å²) in [4.78, 5) is 36.4. The summed E-state index contributed by atoms with van der Waals surface area (Å²) in [7, 11) is 0. The molecule has 1 aliphatic rings. The van der Waals surface area contributed by atoms with Crippen LogP contribution in [-0.4, -0.2) is 31.0 Å². The molecule has 7 nitrogen and oxygen atoms in total. The number of nitrogens with zero attached hydrogens (tertiary/aromatic N) is 1. The zero-order chi connectivity index (χ0) is 20.1. The van der Waals surface area contributed by atoms with Crippen LogP contribution < -0.4 is 15.2 Å². The quantitative estimate of drug-likeness (QED) is 0.469. The van der Waals surface area contributed by atoms with E-state index in [0.717, 1.165) is 5.01 Å². The molecule has 144 valence electrons. The maximum atomic E-state index is 13.1.